The third-order valence-electron chi connectivity index (χ3n) is 1.96. The summed E-state index contributed by atoms with van der Waals surface area (Å²) < 4.78 is 5.19. The van der Waals surface area contributed by atoms with Gasteiger partial charge in [0.2, 0.25) is 5.88 Å². The van der Waals surface area contributed by atoms with Crippen molar-refractivity contribution in [2.24, 2.45) is 0 Å². The molecular formula is C11H10N2O3S. The lowest BCUT2D eigenvalue weighted by Crippen LogP contribution is -1.99. The second-order valence-corrected chi connectivity index (χ2v) is 4.11. The van der Waals surface area contributed by atoms with Crippen LogP contribution in [-0.4, -0.2) is 27.7 Å². The van der Waals surface area contributed by atoms with E-state index in [2.05, 4.69) is 9.97 Å². The van der Waals surface area contributed by atoms with Crippen molar-refractivity contribution in [1.82, 2.24) is 9.97 Å². The minimum Gasteiger partial charge on any atom is -0.477 e. The van der Waals surface area contributed by atoms with Crippen LogP contribution in [-0.2, 0) is 0 Å². The highest BCUT2D eigenvalue weighted by Gasteiger charge is 2.19. The first-order valence-corrected chi connectivity index (χ1v) is 5.82. The number of aromatic nitrogens is 2. The molecule has 0 bridgehead atoms. The van der Waals surface area contributed by atoms with Crippen molar-refractivity contribution in [3.63, 3.8) is 0 Å². The summed E-state index contributed by atoms with van der Waals surface area (Å²) >= 11 is 1.06. The molecule has 0 aliphatic rings. The van der Waals surface area contributed by atoms with Gasteiger partial charge in [-0.2, -0.15) is 4.98 Å². The SMILES string of the molecule is CCOc1nc(-c2ccccn2)sc1C(=O)O. The summed E-state index contributed by atoms with van der Waals surface area (Å²) in [6, 6.07) is 5.39. The molecule has 2 aromatic heterocycles. The van der Waals surface area contributed by atoms with E-state index in [1.54, 1.807) is 25.3 Å². The highest BCUT2D eigenvalue weighted by molar-refractivity contribution is 7.17. The molecule has 0 saturated carbocycles. The molecule has 2 rings (SSSR count). The third kappa shape index (κ3) is 2.42. The molecule has 0 aliphatic heterocycles. The van der Waals surface area contributed by atoms with Crippen LogP contribution < -0.4 is 4.74 Å². The fourth-order valence-electron chi connectivity index (χ4n) is 1.27. The van der Waals surface area contributed by atoms with Gasteiger partial charge in [0.05, 0.1) is 12.3 Å². The highest BCUT2D eigenvalue weighted by atomic mass is 32.1. The molecule has 0 aliphatic carbocycles. The van der Waals surface area contributed by atoms with Crippen molar-refractivity contribution in [2.45, 2.75) is 6.92 Å². The predicted molar refractivity (Wildman–Crippen MR) is 63.5 cm³/mol. The number of pyridine rings is 1. The molecule has 0 radical (unpaired) electrons. The first-order valence-electron chi connectivity index (χ1n) is 5.00. The lowest BCUT2D eigenvalue weighted by atomic mass is 10.4. The third-order valence-corrected chi connectivity index (χ3v) is 3.00. The van der Waals surface area contributed by atoms with Crippen LogP contribution in [0.1, 0.15) is 16.6 Å². The minimum absolute atomic E-state index is 0.104. The molecule has 1 N–H and O–H groups in total. The van der Waals surface area contributed by atoms with Crippen LogP contribution in [0.25, 0.3) is 10.7 Å². The summed E-state index contributed by atoms with van der Waals surface area (Å²) in [4.78, 5) is 19.4. The van der Waals surface area contributed by atoms with Gasteiger partial charge in [-0.15, -0.1) is 11.3 Å². The molecule has 0 amide bonds. The molecule has 6 heteroatoms. The normalized spacial score (nSPS) is 10.2. The average Bonchev–Trinajstić information content (AvgIpc) is 2.75. The van der Waals surface area contributed by atoms with Crippen LogP contribution in [0.2, 0.25) is 0 Å². The summed E-state index contributed by atoms with van der Waals surface area (Å²) in [5.41, 5.74) is 0.644. The van der Waals surface area contributed by atoms with Crippen molar-refractivity contribution in [3.05, 3.63) is 29.3 Å². The number of carboxylic acids is 1. The quantitative estimate of drug-likeness (QED) is 0.901. The maximum absolute atomic E-state index is 11.0. The van der Waals surface area contributed by atoms with E-state index >= 15 is 0 Å². The number of carboxylic acid groups (broad SMARTS) is 1. The fourth-order valence-corrected chi connectivity index (χ4v) is 2.10. The molecule has 2 aromatic rings. The topological polar surface area (TPSA) is 72.3 Å². The first kappa shape index (κ1) is 11.5. The molecule has 0 atom stereocenters. The zero-order chi connectivity index (χ0) is 12.3. The van der Waals surface area contributed by atoms with Crippen molar-refractivity contribution in [2.75, 3.05) is 6.61 Å². The van der Waals surface area contributed by atoms with Gasteiger partial charge in [0.25, 0.3) is 0 Å². The van der Waals surface area contributed by atoms with Gasteiger partial charge in [-0.05, 0) is 19.1 Å². The van der Waals surface area contributed by atoms with Crippen LogP contribution >= 0.6 is 11.3 Å². The van der Waals surface area contributed by atoms with Crippen molar-refractivity contribution < 1.29 is 14.6 Å². The largest absolute Gasteiger partial charge is 0.477 e. The first-order chi connectivity index (χ1) is 8.22. The van der Waals surface area contributed by atoms with Crippen LogP contribution in [0.5, 0.6) is 5.88 Å². The Bertz CT molecular complexity index is 525. The molecule has 0 aromatic carbocycles. The van der Waals surface area contributed by atoms with Crippen LogP contribution in [0.15, 0.2) is 24.4 Å². The van der Waals surface area contributed by atoms with Crippen LogP contribution in [0.3, 0.4) is 0 Å². The molecule has 17 heavy (non-hydrogen) atoms. The molecule has 0 fully saturated rings. The van der Waals surface area contributed by atoms with Crippen molar-refractivity contribution >= 4 is 17.3 Å². The monoisotopic (exact) mass is 250 g/mol. The molecular weight excluding hydrogens is 240 g/mol. The van der Waals surface area contributed by atoms with Gasteiger partial charge >= 0.3 is 5.97 Å². The van der Waals surface area contributed by atoms with Gasteiger partial charge in [-0.1, -0.05) is 6.07 Å². The van der Waals surface area contributed by atoms with Crippen molar-refractivity contribution in [3.8, 4) is 16.6 Å². The Hall–Kier alpha value is -1.95. The van der Waals surface area contributed by atoms with Gasteiger partial charge < -0.3 is 9.84 Å². The summed E-state index contributed by atoms with van der Waals surface area (Å²) in [6.45, 7) is 2.16. The van der Waals surface area contributed by atoms with Crippen LogP contribution in [0.4, 0.5) is 0 Å². The number of hydrogen-bond acceptors (Lipinski definition) is 5. The van der Waals surface area contributed by atoms with Gasteiger partial charge in [-0.25, -0.2) is 4.79 Å². The second-order valence-electron chi connectivity index (χ2n) is 3.11. The zero-order valence-corrected chi connectivity index (χ0v) is 9.90. The molecule has 2 heterocycles. The van der Waals surface area contributed by atoms with Gasteiger partial charge in [0.1, 0.15) is 5.01 Å². The van der Waals surface area contributed by atoms with E-state index in [9.17, 15) is 4.79 Å². The van der Waals surface area contributed by atoms with Crippen molar-refractivity contribution in [1.29, 1.82) is 0 Å². The Labute approximate surface area is 102 Å². The van der Waals surface area contributed by atoms with E-state index in [4.69, 9.17) is 9.84 Å². The van der Waals surface area contributed by atoms with Crippen LogP contribution in [0, 0.1) is 0 Å². The number of aromatic carboxylic acids is 1. The maximum atomic E-state index is 11.0. The Balaban J connectivity index is 2.44. The Morgan fingerprint density at radius 1 is 1.53 bits per heavy atom. The molecule has 0 spiro atoms. The number of thiazole rings is 1. The number of ether oxygens (including phenoxy) is 1. The molecule has 88 valence electrons. The zero-order valence-electron chi connectivity index (χ0n) is 9.08. The molecule has 0 saturated heterocycles. The van der Waals surface area contributed by atoms with E-state index in [1.807, 2.05) is 6.07 Å². The smallest absolute Gasteiger partial charge is 0.351 e. The molecule has 5 nitrogen and oxygen atoms in total. The van der Waals surface area contributed by atoms with E-state index in [0.717, 1.165) is 11.3 Å². The van der Waals surface area contributed by atoms with Gasteiger partial charge in [0, 0.05) is 6.20 Å². The van der Waals surface area contributed by atoms with Gasteiger partial charge in [0.15, 0.2) is 4.88 Å². The number of carbonyl (C=O) groups is 1. The molecule has 0 unspecified atom stereocenters. The lowest BCUT2D eigenvalue weighted by molar-refractivity contribution is 0.0697. The lowest BCUT2D eigenvalue weighted by Gasteiger charge is -1.97. The Morgan fingerprint density at radius 3 is 2.94 bits per heavy atom. The predicted octanol–water partition coefficient (Wildman–Crippen LogP) is 2.30. The standard InChI is InChI=1S/C11H10N2O3S/c1-2-16-9-8(11(14)15)17-10(13-9)7-5-3-4-6-12-7/h3-6H,2H2,1H3,(H,14,15). The van der Waals surface area contributed by atoms with E-state index in [1.165, 1.54) is 0 Å². The van der Waals surface area contributed by atoms with E-state index in [0.29, 0.717) is 17.3 Å². The minimum atomic E-state index is -1.03. The summed E-state index contributed by atoms with van der Waals surface area (Å²) in [5, 5.41) is 9.57. The number of rotatable bonds is 4. The summed E-state index contributed by atoms with van der Waals surface area (Å²) in [6.07, 6.45) is 1.64. The Kier molecular flexibility index (Phi) is 3.34. The Morgan fingerprint density at radius 2 is 2.35 bits per heavy atom. The average molecular weight is 250 g/mol. The van der Waals surface area contributed by atoms with Gasteiger partial charge in [-0.3, -0.25) is 4.98 Å². The highest BCUT2D eigenvalue weighted by Crippen LogP contribution is 2.31. The van der Waals surface area contributed by atoms with E-state index < -0.39 is 5.97 Å². The summed E-state index contributed by atoms with van der Waals surface area (Å²) in [7, 11) is 0. The number of hydrogen-bond donors (Lipinski definition) is 1. The summed E-state index contributed by atoms with van der Waals surface area (Å²) in [5.74, 6) is -0.876. The fraction of sp³-hybridized carbons (Fsp3) is 0.182. The number of nitrogens with zero attached hydrogens (tertiary/aromatic N) is 2. The maximum Gasteiger partial charge on any atom is 0.351 e. The second kappa shape index (κ2) is 4.92. The van der Waals surface area contributed by atoms with E-state index in [-0.39, 0.29) is 10.8 Å².